The molecule has 3 aromatic rings. The topological polar surface area (TPSA) is 142 Å². The Hall–Kier alpha value is -4.46. The Labute approximate surface area is 252 Å². The molecule has 0 aliphatic carbocycles. The van der Waals surface area contributed by atoms with Crippen molar-refractivity contribution in [1.82, 2.24) is 30.2 Å². The van der Waals surface area contributed by atoms with Gasteiger partial charge in [0.05, 0.1) is 36.0 Å². The van der Waals surface area contributed by atoms with E-state index in [4.69, 9.17) is 10.5 Å². The van der Waals surface area contributed by atoms with Gasteiger partial charge in [-0.2, -0.15) is 18.2 Å². The Morgan fingerprint density at radius 2 is 1.86 bits per heavy atom. The molecule has 2 aliphatic rings. The summed E-state index contributed by atoms with van der Waals surface area (Å²) in [7, 11) is 1.50. The molecule has 14 heteroatoms. The minimum absolute atomic E-state index is 0.188. The summed E-state index contributed by atoms with van der Waals surface area (Å²) in [5.41, 5.74) is 7.14. The van der Waals surface area contributed by atoms with E-state index in [2.05, 4.69) is 30.2 Å². The molecular weight excluding hydrogens is 577 g/mol. The van der Waals surface area contributed by atoms with E-state index >= 15 is 0 Å². The Kier molecular flexibility index (Phi) is 8.38. The number of aryl methyl sites for hydroxylation is 2. The lowest BCUT2D eigenvalue weighted by Gasteiger charge is -2.19. The third-order valence-corrected chi connectivity index (χ3v) is 8.14. The highest BCUT2D eigenvalue weighted by Crippen LogP contribution is 2.45. The fraction of sp³-hybridized carbons (Fsp3) is 0.433. The number of aromatic nitrogens is 4. The molecule has 11 nitrogen and oxygen atoms in total. The largest absolute Gasteiger partial charge is 0.496 e. The molecule has 1 saturated heterocycles. The Bertz CT molecular complexity index is 1660. The van der Waals surface area contributed by atoms with Crippen LogP contribution in [0.4, 0.5) is 24.9 Å². The summed E-state index contributed by atoms with van der Waals surface area (Å²) in [5.74, 6) is -1.39. The van der Waals surface area contributed by atoms with Gasteiger partial charge in [-0.25, -0.2) is 4.98 Å². The van der Waals surface area contributed by atoms with E-state index in [1.807, 2.05) is 6.92 Å². The highest BCUT2D eigenvalue weighted by molar-refractivity contribution is 6.35. The van der Waals surface area contributed by atoms with Crippen LogP contribution >= 0.6 is 0 Å². The van der Waals surface area contributed by atoms with Crippen molar-refractivity contribution in [3.05, 3.63) is 56.8 Å². The summed E-state index contributed by atoms with van der Waals surface area (Å²) < 4.78 is 48.4. The average molecular weight is 613 g/mol. The summed E-state index contributed by atoms with van der Waals surface area (Å²) in [6, 6.07) is 0. The number of methoxy groups -OCH3 is 1. The molecule has 0 unspecified atom stereocenters. The van der Waals surface area contributed by atoms with Gasteiger partial charge in [0.15, 0.2) is 5.69 Å². The van der Waals surface area contributed by atoms with Crippen molar-refractivity contribution < 1.29 is 27.5 Å². The lowest BCUT2D eigenvalue weighted by Crippen LogP contribution is -2.33. The van der Waals surface area contributed by atoms with Crippen LogP contribution in [0, 0.1) is 27.7 Å². The van der Waals surface area contributed by atoms with Gasteiger partial charge >= 0.3 is 6.18 Å². The number of halogens is 3. The van der Waals surface area contributed by atoms with Crippen LogP contribution in [0.25, 0.3) is 11.6 Å². The molecule has 5 heterocycles. The van der Waals surface area contributed by atoms with Crippen LogP contribution in [0.5, 0.6) is 5.75 Å². The number of pyridine rings is 1. The maximum absolute atomic E-state index is 14.3. The number of hydrogen-bond donors (Lipinski definition) is 3. The van der Waals surface area contributed by atoms with Gasteiger partial charge < -0.3 is 25.7 Å². The number of ether oxygens (including phenoxy) is 1. The van der Waals surface area contributed by atoms with Crippen LogP contribution in [0.15, 0.2) is 6.20 Å². The third-order valence-electron chi connectivity index (χ3n) is 8.14. The number of hydrogen-bond acceptors (Lipinski definition) is 8. The highest BCUT2D eigenvalue weighted by Gasteiger charge is 2.45. The molecule has 0 spiro atoms. The normalized spacial score (nSPS) is 16.2. The number of alkyl halides is 3. The molecule has 3 aromatic heterocycles. The molecule has 2 aliphatic heterocycles. The standard InChI is InChI=1S/C30H35F3N8O3/c1-15-13-36-21(17(3)24(15)44-5)14-41-26-23(25(30(31,32)33)38-29(34)39-26)19(28(41)43)12-20-16(2)22(18(4)37-20)27(42)35-8-11-40-9-6-7-10-40/h12-13,37H,6-11,14H2,1-5H3,(H,35,42)(H2,34,38,39)/b19-12+. The van der Waals surface area contributed by atoms with Gasteiger partial charge in [-0.15, -0.1) is 0 Å². The lowest BCUT2D eigenvalue weighted by atomic mass is 10.0. The first-order chi connectivity index (χ1) is 20.8. The van der Waals surface area contributed by atoms with Crippen LogP contribution in [0.1, 0.15) is 68.2 Å². The van der Waals surface area contributed by atoms with E-state index in [1.54, 1.807) is 27.0 Å². The summed E-state index contributed by atoms with van der Waals surface area (Å²) >= 11 is 0. The minimum atomic E-state index is -4.93. The first kappa shape index (κ1) is 31.0. The number of rotatable bonds is 8. The molecular formula is C30H35F3N8O3. The summed E-state index contributed by atoms with van der Waals surface area (Å²) in [6.45, 7) is 9.96. The lowest BCUT2D eigenvalue weighted by molar-refractivity contribution is -0.141. The Morgan fingerprint density at radius 1 is 1.16 bits per heavy atom. The molecule has 234 valence electrons. The number of nitrogens with zero attached hydrogens (tertiary/aromatic N) is 5. The van der Waals surface area contributed by atoms with Crippen LogP contribution < -0.4 is 20.7 Å². The second-order valence-electron chi connectivity index (χ2n) is 11.1. The SMILES string of the molecule is COc1c(C)cnc(CN2C(=O)/C(=C/c3[nH]c(C)c(C(=O)NCCN4CCCC4)c3C)c3c2nc(N)nc3C(F)(F)F)c1C. The van der Waals surface area contributed by atoms with Crippen molar-refractivity contribution in [3.8, 4) is 5.75 Å². The zero-order valence-corrected chi connectivity index (χ0v) is 25.3. The monoisotopic (exact) mass is 612 g/mol. The Balaban J connectivity index is 1.55. The van der Waals surface area contributed by atoms with Crippen molar-refractivity contribution in [2.45, 2.75) is 53.3 Å². The predicted molar refractivity (Wildman–Crippen MR) is 159 cm³/mol. The number of aromatic amines is 1. The van der Waals surface area contributed by atoms with Crippen LogP contribution in [0.2, 0.25) is 0 Å². The molecule has 4 N–H and O–H groups in total. The molecule has 2 amide bonds. The number of nitrogens with one attached hydrogen (secondary N) is 2. The second-order valence-corrected chi connectivity index (χ2v) is 11.1. The molecule has 0 bridgehead atoms. The first-order valence-electron chi connectivity index (χ1n) is 14.3. The van der Waals surface area contributed by atoms with Crippen molar-refractivity contribution in [2.24, 2.45) is 0 Å². The predicted octanol–water partition coefficient (Wildman–Crippen LogP) is 3.96. The smallest absolute Gasteiger partial charge is 0.434 e. The summed E-state index contributed by atoms with van der Waals surface area (Å²) in [6.07, 6.45) is 0.237. The van der Waals surface area contributed by atoms with E-state index in [0.717, 1.165) is 42.9 Å². The number of nitrogen functional groups attached to an aromatic ring is 1. The van der Waals surface area contributed by atoms with E-state index in [0.29, 0.717) is 46.1 Å². The zero-order chi connectivity index (χ0) is 31.9. The summed E-state index contributed by atoms with van der Waals surface area (Å²) in [5, 5.41) is 2.93. The molecule has 5 rings (SSSR count). The van der Waals surface area contributed by atoms with Crippen LogP contribution in [0.3, 0.4) is 0 Å². The first-order valence-corrected chi connectivity index (χ1v) is 14.3. The molecule has 1 fully saturated rings. The fourth-order valence-electron chi connectivity index (χ4n) is 5.95. The quantitative estimate of drug-likeness (QED) is 0.325. The fourth-order valence-corrected chi connectivity index (χ4v) is 5.95. The van der Waals surface area contributed by atoms with Gasteiger partial charge in [-0.3, -0.25) is 19.5 Å². The number of nitrogens with two attached hydrogens (primary N) is 1. The Morgan fingerprint density at radius 3 is 2.52 bits per heavy atom. The van der Waals surface area contributed by atoms with Crippen molar-refractivity contribution in [2.75, 3.05) is 43.9 Å². The number of H-pyrrole nitrogens is 1. The number of carbonyl (C=O) groups excluding carboxylic acids is 2. The molecule has 0 radical (unpaired) electrons. The number of fused-ring (bicyclic) bond motifs is 1. The maximum Gasteiger partial charge on any atom is 0.434 e. The molecule has 0 atom stereocenters. The zero-order valence-electron chi connectivity index (χ0n) is 25.3. The maximum atomic E-state index is 14.3. The van der Waals surface area contributed by atoms with E-state index in [-0.39, 0.29) is 23.8 Å². The average Bonchev–Trinajstić information content (AvgIpc) is 3.63. The number of carbonyl (C=O) groups is 2. The van der Waals surface area contributed by atoms with Gasteiger partial charge in [-0.1, -0.05) is 0 Å². The van der Waals surface area contributed by atoms with Crippen LogP contribution in [-0.4, -0.2) is 69.9 Å². The van der Waals surface area contributed by atoms with E-state index < -0.39 is 29.3 Å². The number of anilines is 2. The highest BCUT2D eigenvalue weighted by atomic mass is 19.4. The van der Waals surface area contributed by atoms with Gasteiger partial charge in [-0.05, 0) is 65.3 Å². The summed E-state index contributed by atoms with van der Waals surface area (Å²) in [4.78, 5) is 45.5. The van der Waals surface area contributed by atoms with Crippen molar-refractivity contribution in [1.29, 1.82) is 0 Å². The number of amides is 2. The van der Waals surface area contributed by atoms with Gasteiger partial charge in [0.1, 0.15) is 11.6 Å². The minimum Gasteiger partial charge on any atom is -0.496 e. The van der Waals surface area contributed by atoms with Gasteiger partial charge in [0, 0.05) is 41.8 Å². The van der Waals surface area contributed by atoms with Gasteiger partial charge in [0.2, 0.25) is 5.95 Å². The molecule has 44 heavy (non-hydrogen) atoms. The second kappa shape index (κ2) is 11.9. The van der Waals surface area contributed by atoms with E-state index in [9.17, 15) is 22.8 Å². The molecule has 0 aromatic carbocycles. The number of likely N-dealkylation sites (tertiary alicyclic amines) is 1. The van der Waals surface area contributed by atoms with E-state index in [1.165, 1.54) is 13.2 Å². The molecule has 0 saturated carbocycles. The van der Waals surface area contributed by atoms with Crippen LogP contribution in [-0.2, 0) is 17.5 Å². The third kappa shape index (κ3) is 5.73. The van der Waals surface area contributed by atoms with Crippen molar-refractivity contribution >= 4 is 35.2 Å². The van der Waals surface area contributed by atoms with Crippen molar-refractivity contribution in [3.63, 3.8) is 0 Å². The van der Waals surface area contributed by atoms with Gasteiger partial charge in [0.25, 0.3) is 11.8 Å².